The highest BCUT2D eigenvalue weighted by Crippen LogP contribution is 2.33. The molecule has 13 heavy (non-hydrogen) atoms. The van der Waals surface area contributed by atoms with Gasteiger partial charge in [-0.05, 0) is 11.6 Å². The lowest BCUT2D eigenvalue weighted by molar-refractivity contribution is 1.09. The molecule has 0 bridgehead atoms. The second-order valence-electron chi connectivity index (χ2n) is 2.43. The average molecular weight is 278 g/mol. The van der Waals surface area contributed by atoms with Gasteiger partial charge in [-0.25, -0.2) is 0 Å². The van der Waals surface area contributed by atoms with Gasteiger partial charge in [0.15, 0.2) is 0 Å². The number of rotatable bonds is 2. The molecular formula is C8H5Cl5. The molecule has 0 aromatic heterocycles. The normalized spacial score (nSPS) is 10.9. The number of alkyl halides is 2. The fraction of sp³-hybridized carbons (Fsp3) is 0.250. The molecule has 0 nitrogen and oxygen atoms in total. The topological polar surface area (TPSA) is 0 Å². The molecule has 0 heterocycles. The summed E-state index contributed by atoms with van der Waals surface area (Å²) in [6.45, 7) is 0. The van der Waals surface area contributed by atoms with Crippen LogP contribution in [0.25, 0.3) is 0 Å². The number of benzene rings is 1. The molecule has 0 spiro atoms. The van der Waals surface area contributed by atoms with Crippen LogP contribution in [0.15, 0.2) is 12.1 Å². The SMILES string of the molecule is Clc1ccc(CC(Cl)Cl)c(Cl)c1Cl. The van der Waals surface area contributed by atoms with Gasteiger partial charge < -0.3 is 0 Å². The largest absolute Gasteiger partial charge is 0.111 e. The Bertz CT molecular complexity index is 308. The first-order valence-electron chi connectivity index (χ1n) is 3.43. The van der Waals surface area contributed by atoms with Crippen molar-refractivity contribution in [2.24, 2.45) is 0 Å². The van der Waals surface area contributed by atoms with Gasteiger partial charge in [0.25, 0.3) is 0 Å². The predicted octanol–water partition coefficient (Wildman–Crippen LogP) is 4.99. The molecule has 0 N–H and O–H groups in total. The molecule has 0 atom stereocenters. The average Bonchev–Trinajstić information content (AvgIpc) is 2.06. The van der Waals surface area contributed by atoms with E-state index in [0.29, 0.717) is 21.5 Å². The van der Waals surface area contributed by atoms with Gasteiger partial charge in [0, 0.05) is 6.42 Å². The molecule has 72 valence electrons. The summed E-state index contributed by atoms with van der Waals surface area (Å²) in [5, 5.41) is 1.19. The van der Waals surface area contributed by atoms with Crippen molar-refractivity contribution in [2.75, 3.05) is 0 Å². The number of hydrogen-bond donors (Lipinski definition) is 0. The zero-order valence-corrected chi connectivity index (χ0v) is 10.1. The molecule has 1 aromatic rings. The van der Waals surface area contributed by atoms with Crippen molar-refractivity contribution in [1.82, 2.24) is 0 Å². The van der Waals surface area contributed by atoms with Crippen molar-refractivity contribution in [3.05, 3.63) is 32.8 Å². The van der Waals surface area contributed by atoms with Gasteiger partial charge in [0.1, 0.15) is 4.84 Å². The highest BCUT2D eigenvalue weighted by Gasteiger charge is 2.10. The van der Waals surface area contributed by atoms with Crippen LogP contribution < -0.4 is 0 Å². The molecule has 1 aromatic carbocycles. The first-order valence-corrected chi connectivity index (χ1v) is 5.43. The van der Waals surface area contributed by atoms with Crippen molar-refractivity contribution < 1.29 is 0 Å². The summed E-state index contributed by atoms with van der Waals surface area (Å²) in [7, 11) is 0. The van der Waals surface area contributed by atoms with E-state index < -0.39 is 4.84 Å². The fourth-order valence-electron chi connectivity index (χ4n) is 0.890. The van der Waals surface area contributed by atoms with Crippen molar-refractivity contribution in [1.29, 1.82) is 0 Å². The Labute approximate surface area is 102 Å². The molecule has 0 fully saturated rings. The predicted molar refractivity (Wildman–Crippen MR) is 60.7 cm³/mol. The minimum absolute atomic E-state index is 0.342. The molecule has 1 rings (SSSR count). The zero-order valence-electron chi connectivity index (χ0n) is 6.33. The first-order chi connectivity index (χ1) is 6.02. The third kappa shape index (κ3) is 3.07. The standard InChI is InChI=1S/C8H5Cl5/c9-5-2-1-4(3-6(10)11)7(12)8(5)13/h1-2,6H,3H2. The van der Waals surface area contributed by atoms with Gasteiger partial charge in [-0.15, -0.1) is 23.2 Å². The summed E-state index contributed by atoms with van der Waals surface area (Å²) in [4.78, 5) is -0.491. The minimum Gasteiger partial charge on any atom is -0.105 e. The highest BCUT2D eigenvalue weighted by atomic mass is 35.5. The van der Waals surface area contributed by atoms with Gasteiger partial charge in [0.05, 0.1) is 15.1 Å². The molecule has 0 saturated carbocycles. The first kappa shape index (κ1) is 11.7. The van der Waals surface area contributed by atoms with Crippen LogP contribution in [0.5, 0.6) is 0 Å². The van der Waals surface area contributed by atoms with E-state index in [2.05, 4.69) is 0 Å². The van der Waals surface area contributed by atoms with Crippen molar-refractivity contribution >= 4 is 58.0 Å². The Morgan fingerprint density at radius 3 is 2.15 bits per heavy atom. The summed E-state index contributed by atoms with van der Waals surface area (Å²) in [6.07, 6.45) is 0.457. The lowest BCUT2D eigenvalue weighted by atomic mass is 10.2. The fourth-order valence-corrected chi connectivity index (χ4v) is 1.85. The summed E-state index contributed by atoms with van der Waals surface area (Å²) >= 11 is 28.7. The van der Waals surface area contributed by atoms with Crippen LogP contribution >= 0.6 is 58.0 Å². The van der Waals surface area contributed by atoms with E-state index in [1.807, 2.05) is 0 Å². The molecule has 0 amide bonds. The van der Waals surface area contributed by atoms with E-state index in [1.54, 1.807) is 12.1 Å². The van der Waals surface area contributed by atoms with E-state index >= 15 is 0 Å². The van der Waals surface area contributed by atoms with Crippen molar-refractivity contribution in [3.8, 4) is 0 Å². The summed E-state index contributed by atoms with van der Waals surface area (Å²) in [6, 6.07) is 3.43. The van der Waals surface area contributed by atoms with Crippen molar-refractivity contribution in [3.63, 3.8) is 0 Å². The van der Waals surface area contributed by atoms with E-state index in [4.69, 9.17) is 58.0 Å². The van der Waals surface area contributed by atoms with E-state index in [0.717, 1.165) is 5.56 Å². The van der Waals surface area contributed by atoms with Gasteiger partial charge in [0.2, 0.25) is 0 Å². The second-order valence-corrected chi connectivity index (χ2v) is 4.87. The van der Waals surface area contributed by atoms with Gasteiger partial charge in [-0.1, -0.05) is 40.9 Å². The van der Waals surface area contributed by atoms with Crippen LogP contribution in [-0.4, -0.2) is 4.84 Å². The van der Waals surface area contributed by atoms with Crippen LogP contribution in [0, 0.1) is 0 Å². The third-order valence-corrected chi connectivity index (χ3v) is 3.13. The lowest BCUT2D eigenvalue weighted by Crippen LogP contribution is -1.95. The quantitative estimate of drug-likeness (QED) is 0.528. The van der Waals surface area contributed by atoms with Gasteiger partial charge in [-0.2, -0.15) is 0 Å². The summed E-state index contributed by atoms with van der Waals surface area (Å²) in [5.74, 6) is 0. The number of halogens is 5. The van der Waals surface area contributed by atoms with Gasteiger partial charge >= 0.3 is 0 Å². The maximum Gasteiger partial charge on any atom is 0.111 e. The van der Waals surface area contributed by atoms with E-state index in [1.165, 1.54) is 0 Å². The second kappa shape index (κ2) is 4.95. The Hall–Kier alpha value is 0.670. The molecule has 0 aliphatic heterocycles. The minimum atomic E-state index is -0.491. The molecule has 0 aliphatic rings. The van der Waals surface area contributed by atoms with Crippen molar-refractivity contribution in [2.45, 2.75) is 11.3 Å². The van der Waals surface area contributed by atoms with Gasteiger partial charge in [-0.3, -0.25) is 0 Å². The summed E-state index contributed by atoms with van der Waals surface area (Å²) < 4.78 is 0. The summed E-state index contributed by atoms with van der Waals surface area (Å²) in [5.41, 5.74) is 0.797. The monoisotopic (exact) mass is 276 g/mol. The molecule has 0 radical (unpaired) electrons. The Morgan fingerprint density at radius 1 is 1.00 bits per heavy atom. The maximum atomic E-state index is 5.91. The van der Waals surface area contributed by atoms with Crippen LogP contribution in [0.4, 0.5) is 0 Å². The number of hydrogen-bond acceptors (Lipinski definition) is 0. The Morgan fingerprint density at radius 2 is 1.62 bits per heavy atom. The van der Waals surface area contributed by atoms with Crippen LogP contribution in [0.3, 0.4) is 0 Å². The molecule has 0 saturated heterocycles. The Balaban J connectivity index is 3.04. The lowest BCUT2D eigenvalue weighted by Gasteiger charge is -2.07. The van der Waals surface area contributed by atoms with E-state index in [9.17, 15) is 0 Å². The molecular weight excluding hydrogens is 273 g/mol. The molecule has 5 heteroatoms. The maximum absolute atomic E-state index is 5.91. The zero-order chi connectivity index (χ0) is 10.0. The third-order valence-electron chi connectivity index (χ3n) is 1.49. The molecule has 0 unspecified atom stereocenters. The van der Waals surface area contributed by atoms with Crippen LogP contribution in [-0.2, 0) is 6.42 Å². The smallest absolute Gasteiger partial charge is 0.105 e. The highest BCUT2D eigenvalue weighted by molar-refractivity contribution is 6.48. The van der Waals surface area contributed by atoms with E-state index in [-0.39, 0.29) is 0 Å². The van der Waals surface area contributed by atoms with Crippen LogP contribution in [0.1, 0.15) is 5.56 Å². The van der Waals surface area contributed by atoms with Crippen LogP contribution in [0.2, 0.25) is 15.1 Å². The Kier molecular flexibility index (Phi) is 4.47. The molecule has 0 aliphatic carbocycles.